The number of aromatic nitrogens is 4. The molecule has 21 heavy (non-hydrogen) atoms. The van der Waals surface area contributed by atoms with Crippen molar-refractivity contribution < 1.29 is 4.74 Å². The molecule has 0 radical (unpaired) electrons. The molecule has 0 amide bonds. The molecule has 3 rings (SSSR count). The van der Waals surface area contributed by atoms with E-state index in [1.165, 1.54) is 5.56 Å². The van der Waals surface area contributed by atoms with Gasteiger partial charge in [-0.1, -0.05) is 6.92 Å². The summed E-state index contributed by atoms with van der Waals surface area (Å²) >= 11 is 0. The first-order valence-corrected chi connectivity index (χ1v) is 7.49. The Labute approximate surface area is 124 Å². The lowest BCUT2D eigenvalue weighted by Crippen LogP contribution is -2.38. The lowest BCUT2D eigenvalue weighted by Gasteiger charge is -2.31. The van der Waals surface area contributed by atoms with Crippen molar-refractivity contribution in [1.82, 2.24) is 25.1 Å². The van der Waals surface area contributed by atoms with E-state index in [2.05, 4.69) is 44.1 Å². The molecule has 0 aliphatic carbocycles. The van der Waals surface area contributed by atoms with Gasteiger partial charge in [0.1, 0.15) is 11.9 Å². The standard InChI is InChI=1S/C15H21N5O/c1-2-3-14-17-15(19-18-14)13-11-20(8-9-21-13)10-12-4-6-16-7-5-12/h4-7,13H,2-3,8-11H2,1H3,(H,17,18,19)/t13-/m0/s1. The van der Waals surface area contributed by atoms with Crippen LogP contribution in [0.4, 0.5) is 0 Å². The monoisotopic (exact) mass is 287 g/mol. The summed E-state index contributed by atoms with van der Waals surface area (Å²) in [6.45, 7) is 5.52. The van der Waals surface area contributed by atoms with Crippen molar-refractivity contribution in [2.75, 3.05) is 19.7 Å². The maximum atomic E-state index is 5.82. The highest BCUT2D eigenvalue weighted by atomic mass is 16.5. The van der Waals surface area contributed by atoms with Gasteiger partial charge in [0.15, 0.2) is 5.82 Å². The molecule has 1 aliphatic rings. The van der Waals surface area contributed by atoms with Crippen LogP contribution in [0.15, 0.2) is 24.5 Å². The SMILES string of the molecule is CCCc1nc([C@@H]2CN(Cc3ccncc3)CCO2)n[nH]1. The van der Waals surface area contributed by atoms with Crippen LogP contribution >= 0.6 is 0 Å². The number of nitrogens with one attached hydrogen (secondary N) is 1. The minimum atomic E-state index is -0.0394. The van der Waals surface area contributed by atoms with E-state index >= 15 is 0 Å². The van der Waals surface area contributed by atoms with E-state index in [1.54, 1.807) is 0 Å². The van der Waals surface area contributed by atoms with Crippen LogP contribution in [0.5, 0.6) is 0 Å². The summed E-state index contributed by atoms with van der Waals surface area (Å²) in [7, 11) is 0. The topological polar surface area (TPSA) is 66.9 Å². The molecule has 112 valence electrons. The van der Waals surface area contributed by atoms with Crippen molar-refractivity contribution in [2.24, 2.45) is 0 Å². The molecule has 2 aromatic heterocycles. The molecule has 3 heterocycles. The predicted molar refractivity (Wildman–Crippen MR) is 78.6 cm³/mol. The molecule has 1 saturated heterocycles. The van der Waals surface area contributed by atoms with Crippen LogP contribution in [0.25, 0.3) is 0 Å². The van der Waals surface area contributed by atoms with Gasteiger partial charge in [-0.2, -0.15) is 5.10 Å². The third kappa shape index (κ3) is 3.65. The van der Waals surface area contributed by atoms with E-state index in [-0.39, 0.29) is 6.10 Å². The Hall–Kier alpha value is -1.79. The number of morpholine rings is 1. The molecule has 1 N–H and O–H groups in total. The number of rotatable bonds is 5. The second-order valence-electron chi connectivity index (χ2n) is 5.34. The molecule has 1 fully saturated rings. The molecular formula is C15H21N5O. The van der Waals surface area contributed by atoms with Crippen molar-refractivity contribution in [2.45, 2.75) is 32.4 Å². The van der Waals surface area contributed by atoms with Gasteiger partial charge >= 0.3 is 0 Å². The van der Waals surface area contributed by atoms with Gasteiger partial charge in [0.25, 0.3) is 0 Å². The Morgan fingerprint density at radius 2 is 2.24 bits per heavy atom. The summed E-state index contributed by atoms with van der Waals surface area (Å²) in [6.07, 6.45) is 5.62. The van der Waals surface area contributed by atoms with Gasteiger partial charge in [0.05, 0.1) is 6.61 Å². The maximum Gasteiger partial charge on any atom is 0.180 e. The molecular weight excluding hydrogens is 266 g/mol. The molecule has 2 aromatic rings. The van der Waals surface area contributed by atoms with Crippen molar-refractivity contribution in [1.29, 1.82) is 0 Å². The minimum absolute atomic E-state index is 0.0394. The molecule has 0 saturated carbocycles. The molecule has 0 bridgehead atoms. The number of hydrogen-bond acceptors (Lipinski definition) is 5. The number of aromatic amines is 1. The van der Waals surface area contributed by atoms with Gasteiger partial charge in [0.2, 0.25) is 0 Å². The quantitative estimate of drug-likeness (QED) is 0.907. The van der Waals surface area contributed by atoms with E-state index < -0.39 is 0 Å². The molecule has 6 heteroatoms. The number of H-pyrrole nitrogens is 1. The number of ether oxygens (including phenoxy) is 1. The molecule has 1 aliphatic heterocycles. The predicted octanol–water partition coefficient (Wildman–Crippen LogP) is 1.73. The Kier molecular flexibility index (Phi) is 4.57. The maximum absolute atomic E-state index is 5.82. The second-order valence-corrected chi connectivity index (χ2v) is 5.34. The fraction of sp³-hybridized carbons (Fsp3) is 0.533. The second kappa shape index (κ2) is 6.78. The number of pyridine rings is 1. The van der Waals surface area contributed by atoms with Gasteiger partial charge in [-0.15, -0.1) is 0 Å². The molecule has 0 unspecified atom stereocenters. The van der Waals surface area contributed by atoms with Crippen LogP contribution in [0, 0.1) is 0 Å². The van der Waals surface area contributed by atoms with Gasteiger partial charge in [-0.05, 0) is 24.1 Å². The first-order chi connectivity index (χ1) is 10.3. The number of nitrogens with zero attached hydrogens (tertiary/aromatic N) is 4. The van der Waals surface area contributed by atoms with Gasteiger partial charge in [-0.25, -0.2) is 4.98 Å². The third-order valence-electron chi connectivity index (χ3n) is 3.63. The highest BCUT2D eigenvalue weighted by molar-refractivity contribution is 5.09. The van der Waals surface area contributed by atoms with E-state index in [4.69, 9.17) is 4.74 Å². The van der Waals surface area contributed by atoms with Gasteiger partial charge < -0.3 is 4.74 Å². The summed E-state index contributed by atoms with van der Waals surface area (Å²) in [6, 6.07) is 4.10. The average molecular weight is 287 g/mol. The van der Waals surface area contributed by atoms with E-state index in [0.29, 0.717) is 6.61 Å². The highest BCUT2D eigenvalue weighted by Gasteiger charge is 2.25. The fourth-order valence-corrected chi connectivity index (χ4v) is 2.55. The van der Waals surface area contributed by atoms with Crippen molar-refractivity contribution in [3.8, 4) is 0 Å². The Morgan fingerprint density at radius 1 is 1.38 bits per heavy atom. The molecule has 1 atom stereocenters. The third-order valence-corrected chi connectivity index (χ3v) is 3.63. The van der Waals surface area contributed by atoms with Crippen LogP contribution in [-0.4, -0.2) is 44.8 Å². The van der Waals surface area contributed by atoms with Crippen molar-refractivity contribution >= 4 is 0 Å². The molecule has 0 aromatic carbocycles. The fourth-order valence-electron chi connectivity index (χ4n) is 2.55. The average Bonchev–Trinajstić information content (AvgIpc) is 2.98. The summed E-state index contributed by atoms with van der Waals surface area (Å²) < 4.78 is 5.82. The van der Waals surface area contributed by atoms with Crippen molar-refractivity contribution in [3.63, 3.8) is 0 Å². The van der Waals surface area contributed by atoms with Crippen LogP contribution in [0.2, 0.25) is 0 Å². The van der Waals surface area contributed by atoms with Gasteiger partial charge in [0, 0.05) is 38.4 Å². The van der Waals surface area contributed by atoms with E-state index in [1.807, 2.05) is 12.4 Å². The lowest BCUT2D eigenvalue weighted by atomic mass is 10.2. The van der Waals surface area contributed by atoms with Crippen molar-refractivity contribution in [3.05, 3.63) is 41.7 Å². The Morgan fingerprint density at radius 3 is 3.05 bits per heavy atom. The number of aryl methyl sites for hydroxylation is 1. The Balaban J connectivity index is 1.62. The van der Waals surface area contributed by atoms with E-state index in [9.17, 15) is 0 Å². The van der Waals surface area contributed by atoms with Crippen LogP contribution in [0.3, 0.4) is 0 Å². The zero-order valence-corrected chi connectivity index (χ0v) is 12.3. The summed E-state index contributed by atoms with van der Waals surface area (Å²) in [5, 5.41) is 7.30. The first-order valence-electron chi connectivity index (χ1n) is 7.49. The Bertz CT molecular complexity index is 556. The lowest BCUT2D eigenvalue weighted by molar-refractivity contribution is -0.0370. The van der Waals surface area contributed by atoms with Crippen LogP contribution in [0.1, 0.15) is 36.7 Å². The summed E-state index contributed by atoms with van der Waals surface area (Å²) in [5.41, 5.74) is 1.27. The van der Waals surface area contributed by atoms with Crippen LogP contribution < -0.4 is 0 Å². The van der Waals surface area contributed by atoms with Gasteiger partial charge in [-0.3, -0.25) is 15.0 Å². The van der Waals surface area contributed by atoms with Crippen LogP contribution in [-0.2, 0) is 17.7 Å². The first kappa shape index (κ1) is 14.2. The molecule has 6 nitrogen and oxygen atoms in total. The summed E-state index contributed by atoms with van der Waals surface area (Å²) in [4.78, 5) is 11.0. The largest absolute Gasteiger partial charge is 0.367 e. The smallest absolute Gasteiger partial charge is 0.180 e. The minimum Gasteiger partial charge on any atom is -0.367 e. The van der Waals surface area contributed by atoms with E-state index in [0.717, 1.165) is 44.1 Å². The number of hydrogen-bond donors (Lipinski definition) is 1. The summed E-state index contributed by atoms with van der Waals surface area (Å²) in [5.74, 6) is 1.72. The zero-order chi connectivity index (χ0) is 14.5. The zero-order valence-electron chi connectivity index (χ0n) is 12.3. The normalized spacial score (nSPS) is 19.8. The molecule has 0 spiro atoms. The highest BCUT2D eigenvalue weighted by Crippen LogP contribution is 2.20.